The number of anilines is 2. The van der Waals surface area contributed by atoms with Crippen molar-refractivity contribution in [3.05, 3.63) is 105 Å². The van der Waals surface area contributed by atoms with Crippen LogP contribution >= 0.6 is 7.82 Å². The number of H-pyrrole nitrogens is 1. The average Bonchev–Trinajstić information content (AvgIpc) is 3.82. The highest BCUT2D eigenvalue weighted by Crippen LogP contribution is 2.50. The molecule has 22 heteroatoms. The van der Waals surface area contributed by atoms with E-state index in [1.54, 1.807) is 48.5 Å². The number of nitrogens with one attached hydrogen (secondary N) is 1. The lowest BCUT2D eigenvalue weighted by molar-refractivity contribution is -0.0821. The summed E-state index contributed by atoms with van der Waals surface area (Å²) in [5, 5.41) is 21.6. The fourth-order valence-corrected chi connectivity index (χ4v) is 7.15. The van der Waals surface area contributed by atoms with Crippen LogP contribution in [0.15, 0.2) is 82.9 Å². The maximum absolute atomic E-state index is 13.6. The number of aromatic nitrogens is 7. The number of nitrogens with zero attached hydrogens (tertiary/aromatic N) is 6. The third-order valence-electron chi connectivity index (χ3n) is 8.75. The molecule has 9 atom stereocenters. The van der Waals surface area contributed by atoms with Crippen molar-refractivity contribution >= 4 is 30.9 Å². The molecule has 286 valence electrons. The summed E-state index contributed by atoms with van der Waals surface area (Å²) < 4.78 is 51.1. The molecule has 3 aromatic heterocycles. The lowest BCUT2D eigenvalue weighted by atomic mass is 10.1. The summed E-state index contributed by atoms with van der Waals surface area (Å²) in [5.41, 5.74) is 11.3. The first kappa shape index (κ1) is 37.4. The number of aliphatic hydroxyl groups is 2. The Balaban J connectivity index is 1.11. The highest BCUT2D eigenvalue weighted by atomic mass is 31.2. The van der Waals surface area contributed by atoms with Crippen LogP contribution in [0.25, 0.3) is 11.2 Å². The summed E-state index contributed by atoms with van der Waals surface area (Å²) in [6.45, 7) is -1.43. The molecule has 0 radical (unpaired) electrons. The van der Waals surface area contributed by atoms with Gasteiger partial charge >= 0.3 is 13.5 Å². The molecule has 2 saturated heterocycles. The lowest BCUT2D eigenvalue weighted by Crippen LogP contribution is -2.39. The highest BCUT2D eigenvalue weighted by molar-refractivity contribution is 7.47. The van der Waals surface area contributed by atoms with E-state index in [2.05, 4.69) is 24.9 Å². The predicted molar refractivity (Wildman–Crippen MR) is 185 cm³/mol. The molecule has 7 rings (SSSR count). The van der Waals surface area contributed by atoms with Gasteiger partial charge in [0.15, 0.2) is 23.6 Å². The van der Waals surface area contributed by atoms with Crippen molar-refractivity contribution in [1.82, 2.24) is 34.1 Å². The molecule has 0 spiro atoms. The Morgan fingerprint density at radius 3 is 2.09 bits per heavy atom. The van der Waals surface area contributed by atoms with Crippen molar-refractivity contribution in [1.29, 1.82) is 0 Å². The number of phosphoric acid groups is 1. The number of imidazole rings is 1. The molecule has 2 aliphatic heterocycles. The van der Waals surface area contributed by atoms with E-state index in [9.17, 15) is 29.3 Å². The van der Waals surface area contributed by atoms with Crippen LogP contribution in [-0.4, -0.2) is 99.0 Å². The van der Waals surface area contributed by atoms with Gasteiger partial charge in [0.05, 0.1) is 32.8 Å². The van der Waals surface area contributed by atoms with Crippen LogP contribution < -0.4 is 22.7 Å². The number of fused-ring (bicyclic) bond motifs is 1. The third-order valence-corrected chi connectivity index (χ3v) is 9.74. The van der Waals surface area contributed by atoms with E-state index < -0.39 is 81.4 Å². The standard InChI is InChI=1S/C32H36N9O12P/c33-30-36-16-41(32(45)39-30)28-24(48-12-17-7-3-1-4-8-17)22(43)20(52-28)14-50-54(46,47)53-23-19(11-42)51-29(25(23)49-13-18-9-5-2-6-10-18)40-15-35-21-26(40)37-31(34)38-27(21)44/h1-10,15-16,19-20,22-25,28-29,42-43H,11-14H2,(H,46,47)(H2,33,39,45)(H3,34,37,38,44). The number of ether oxygens (including phenoxy) is 4. The molecule has 5 aromatic rings. The largest absolute Gasteiger partial charge is 0.472 e. The maximum atomic E-state index is 13.6. The predicted octanol–water partition coefficient (Wildman–Crippen LogP) is -0.243. The Hall–Kier alpha value is -4.93. The zero-order valence-corrected chi connectivity index (χ0v) is 29.1. The Kier molecular flexibility index (Phi) is 10.9. The molecule has 0 bridgehead atoms. The first-order valence-electron chi connectivity index (χ1n) is 16.5. The molecule has 0 aliphatic carbocycles. The van der Waals surface area contributed by atoms with Crippen molar-refractivity contribution in [2.75, 3.05) is 24.7 Å². The van der Waals surface area contributed by atoms with Gasteiger partial charge in [-0.15, -0.1) is 0 Å². The van der Waals surface area contributed by atoms with Gasteiger partial charge in [0.1, 0.15) is 43.0 Å². The van der Waals surface area contributed by atoms with Crippen LogP contribution in [0.1, 0.15) is 23.6 Å². The van der Waals surface area contributed by atoms with Crippen LogP contribution in [0.2, 0.25) is 0 Å². The molecular weight excluding hydrogens is 733 g/mol. The molecule has 0 amide bonds. The summed E-state index contributed by atoms with van der Waals surface area (Å²) in [6, 6.07) is 18.0. The van der Waals surface area contributed by atoms with Crippen LogP contribution in [0.4, 0.5) is 11.9 Å². The summed E-state index contributed by atoms with van der Waals surface area (Å²) >= 11 is 0. The van der Waals surface area contributed by atoms with Crippen molar-refractivity contribution in [3.8, 4) is 0 Å². The normalized spacial score (nSPS) is 26.6. The van der Waals surface area contributed by atoms with Gasteiger partial charge in [-0.1, -0.05) is 60.7 Å². The molecule has 54 heavy (non-hydrogen) atoms. The smallest absolute Gasteiger partial charge is 0.394 e. The van der Waals surface area contributed by atoms with Crippen molar-refractivity contribution in [2.24, 2.45) is 0 Å². The van der Waals surface area contributed by atoms with Gasteiger partial charge in [-0.3, -0.25) is 28.0 Å². The summed E-state index contributed by atoms with van der Waals surface area (Å²) in [6.07, 6.45) is -8.11. The molecule has 2 fully saturated rings. The Morgan fingerprint density at radius 2 is 1.44 bits per heavy atom. The molecule has 2 aliphatic rings. The van der Waals surface area contributed by atoms with Gasteiger partial charge in [0.2, 0.25) is 11.9 Å². The number of hydrogen-bond acceptors (Lipinski definition) is 17. The highest BCUT2D eigenvalue weighted by Gasteiger charge is 2.52. The molecule has 0 saturated carbocycles. The zero-order valence-electron chi connectivity index (χ0n) is 28.2. The summed E-state index contributed by atoms with van der Waals surface area (Å²) in [7, 11) is -5.09. The second kappa shape index (κ2) is 15.8. The molecule has 21 nitrogen and oxygen atoms in total. The van der Waals surface area contributed by atoms with Gasteiger partial charge in [-0.25, -0.2) is 19.3 Å². The topological polar surface area (TPSA) is 297 Å². The molecule has 8 N–H and O–H groups in total. The van der Waals surface area contributed by atoms with E-state index >= 15 is 0 Å². The number of aliphatic hydroxyl groups excluding tert-OH is 2. The van der Waals surface area contributed by atoms with Crippen LogP contribution in [-0.2, 0) is 45.8 Å². The van der Waals surface area contributed by atoms with Crippen LogP contribution in [0, 0.1) is 0 Å². The minimum atomic E-state index is -5.09. The number of phosphoric ester groups is 1. The Labute approximate surface area is 304 Å². The van der Waals surface area contributed by atoms with Gasteiger partial charge in [-0.05, 0) is 11.1 Å². The zero-order chi connectivity index (χ0) is 38.0. The van der Waals surface area contributed by atoms with Crippen molar-refractivity contribution < 1.29 is 47.7 Å². The van der Waals surface area contributed by atoms with Crippen molar-refractivity contribution in [3.63, 3.8) is 0 Å². The van der Waals surface area contributed by atoms with E-state index in [-0.39, 0.29) is 36.3 Å². The monoisotopic (exact) mass is 769 g/mol. The number of rotatable bonds is 14. The van der Waals surface area contributed by atoms with E-state index in [1.807, 2.05) is 12.1 Å². The number of nitrogens with two attached hydrogens (primary N) is 2. The quantitative estimate of drug-likeness (QED) is 0.0794. The second-order valence-electron chi connectivity index (χ2n) is 12.3. The van der Waals surface area contributed by atoms with E-state index in [0.29, 0.717) is 0 Å². The number of aromatic amines is 1. The van der Waals surface area contributed by atoms with E-state index in [4.69, 9.17) is 39.5 Å². The number of hydrogen-bond donors (Lipinski definition) is 6. The van der Waals surface area contributed by atoms with Gasteiger partial charge in [0.25, 0.3) is 5.56 Å². The number of nitrogen functional groups attached to an aromatic ring is 2. The molecule has 2 aromatic carbocycles. The van der Waals surface area contributed by atoms with Crippen molar-refractivity contribution in [2.45, 2.75) is 62.3 Å². The molecule has 9 unspecified atom stereocenters. The second-order valence-corrected chi connectivity index (χ2v) is 13.7. The fraction of sp³-hybridized carbons (Fsp3) is 0.375. The first-order valence-corrected chi connectivity index (χ1v) is 18.0. The molecule has 5 heterocycles. The first-order chi connectivity index (χ1) is 26.0. The van der Waals surface area contributed by atoms with Gasteiger partial charge in [0, 0.05) is 0 Å². The van der Waals surface area contributed by atoms with Gasteiger partial charge in [-0.2, -0.15) is 9.97 Å². The van der Waals surface area contributed by atoms with E-state index in [1.165, 1.54) is 10.9 Å². The summed E-state index contributed by atoms with van der Waals surface area (Å²) in [4.78, 5) is 54.4. The fourth-order valence-electron chi connectivity index (χ4n) is 6.19. The lowest BCUT2D eigenvalue weighted by Gasteiger charge is -2.26. The Bertz CT molecular complexity index is 2230. The Morgan fingerprint density at radius 1 is 0.833 bits per heavy atom. The maximum Gasteiger partial charge on any atom is 0.472 e. The SMILES string of the molecule is Nc1ncn(C2OC(COP(=O)(O)OC3C(CO)OC(n4cnc5c(=O)[nH]c(N)nc54)C3OCc3ccccc3)C(O)C2OCc2ccccc2)c(=O)n1. The minimum absolute atomic E-state index is 0.0145. The van der Waals surface area contributed by atoms with Crippen LogP contribution in [0.3, 0.4) is 0 Å². The molecular formula is C32H36N9O12P. The van der Waals surface area contributed by atoms with Crippen LogP contribution in [0.5, 0.6) is 0 Å². The summed E-state index contributed by atoms with van der Waals surface area (Å²) in [5.74, 6) is -0.482. The van der Waals surface area contributed by atoms with E-state index in [0.717, 1.165) is 22.0 Å². The minimum Gasteiger partial charge on any atom is -0.394 e. The van der Waals surface area contributed by atoms with Gasteiger partial charge < -0.3 is 45.5 Å². The average molecular weight is 770 g/mol. The number of benzene rings is 2. The third kappa shape index (κ3) is 7.95.